The van der Waals surface area contributed by atoms with Crippen LogP contribution in [0.15, 0.2) is 48.9 Å². The van der Waals surface area contributed by atoms with Crippen molar-refractivity contribution < 1.29 is 27.8 Å². The summed E-state index contributed by atoms with van der Waals surface area (Å²) in [4.78, 5) is 15.1. The molecular weight excluding hydrogens is 475 g/mol. The molecule has 8 nitrogen and oxygen atoms in total. The predicted molar refractivity (Wildman–Crippen MR) is 126 cm³/mol. The number of aryl methyl sites for hydroxylation is 1. The first-order valence-corrected chi connectivity index (χ1v) is 11.4. The van der Waals surface area contributed by atoms with Gasteiger partial charge in [-0.15, -0.1) is 0 Å². The van der Waals surface area contributed by atoms with Gasteiger partial charge in [0, 0.05) is 60.0 Å². The van der Waals surface area contributed by atoms with E-state index in [0.29, 0.717) is 53.9 Å². The SMILES string of the molecule is Cc1nc2cc(F)c(-c3cnc(N4CCOC[C@@H]4CO)nc3)cn2c1Cc1ccccc1OC(F)F. The highest BCUT2D eigenvalue weighted by Gasteiger charge is 2.25. The molecule has 0 unspecified atom stereocenters. The molecule has 0 amide bonds. The van der Waals surface area contributed by atoms with Crippen molar-refractivity contribution in [2.75, 3.05) is 31.3 Å². The molecule has 11 heteroatoms. The second kappa shape index (κ2) is 10.1. The number of fused-ring (bicyclic) bond motifs is 1. The molecule has 36 heavy (non-hydrogen) atoms. The Hall–Kier alpha value is -3.70. The summed E-state index contributed by atoms with van der Waals surface area (Å²) < 4.78 is 52.6. The summed E-state index contributed by atoms with van der Waals surface area (Å²) >= 11 is 0. The van der Waals surface area contributed by atoms with E-state index >= 15 is 4.39 Å². The van der Waals surface area contributed by atoms with Crippen LogP contribution in [0.4, 0.5) is 19.1 Å². The van der Waals surface area contributed by atoms with E-state index in [-0.39, 0.29) is 30.4 Å². The van der Waals surface area contributed by atoms with E-state index in [1.165, 1.54) is 24.5 Å². The third kappa shape index (κ3) is 4.71. The van der Waals surface area contributed by atoms with Crippen LogP contribution in [0, 0.1) is 12.7 Å². The fourth-order valence-corrected chi connectivity index (χ4v) is 4.38. The van der Waals surface area contributed by atoms with Crippen molar-refractivity contribution in [2.45, 2.75) is 26.0 Å². The number of aromatic nitrogens is 4. The van der Waals surface area contributed by atoms with E-state index in [4.69, 9.17) is 4.74 Å². The van der Waals surface area contributed by atoms with Crippen molar-refractivity contribution in [3.8, 4) is 16.9 Å². The van der Waals surface area contributed by atoms with E-state index in [9.17, 15) is 13.9 Å². The first-order chi connectivity index (χ1) is 17.4. The van der Waals surface area contributed by atoms with Crippen LogP contribution < -0.4 is 9.64 Å². The molecule has 1 N–H and O–H groups in total. The van der Waals surface area contributed by atoms with Gasteiger partial charge in [-0.3, -0.25) is 0 Å². The lowest BCUT2D eigenvalue weighted by Gasteiger charge is -2.34. The number of halogens is 3. The molecule has 188 valence electrons. The maximum absolute atomic E-state index is 15.1. The molecule has 0 radical (unpaired) electrons. The summed E-state index contributed by atoms with van der Waals surface area (Å²) in [6.07, 6.45) is 4.94. The number of aliphatic hydroxyl groups is 1. The number of ether oxygens (including phenoxy) is 2. The average Bonchev–Trinajstić information content (AvgIpc) is 3.18. The molecule has 0 bridgehead atoms. The van der Waals surface area contributed by atoms with Gasteiger partial charge < -0.3 is 23.9 Å². The molecule has 1 fully saturated rings. The predicted octanol–water partition coefficient (Wildman–Crippen LogP) is 3.63. The van der Waals surface area contributed by atoms with Gasteiger partial charge in [0.25, 0.3) is 0 Å². The second-order valence-electron chi connectivity index (χ2n) is 8.45. The molecule has 4 aromatic rings. The monoisotopic (exact) mass is 499 g/mol. The lowest BCUT2D eigenvalue weighted by atomic mass is 10.1. The van der Waals surface area contributed by atoms with Crippen molar-refractivity contribution in [1.29, 1.82) is 0 Å². The minimum atomic E-state index is -2.94. The summed E-state index contributed by atoms with van der Waals surface area (Å²) in [5.41, 5.74) is 3.05. The summed E-state index contributed by atoms with van der Waals surface area (Å²) in [6, 6.07) is 7.64. The highest BCUT2D eigenvalue weighted by molar-refractivity contribution is 5.65. The van der Waals surface area contributed by atoms with Crippen LogP contribution in [0.5, 0.6) is 5.75 Å². The lowest BCUT2D eigenvalue weighted by Crippen LogP contribution is -2.48. The average molecular weight is 499 g/mol. The topological polar surface area (TPSA) is 85.0 Å². The maximum atomic E-state index is 15.1. The van der Waals surface area contributed by atoms with Gasteiger partial charge in [0.1, 0.15) is 17.2 Å². The Morgan fingerprint density at radius 1 is 1.22 bits per heavy atom. The Labute approximate surface area is 205 Å². The third-order valence-corrected chi connectivity index (χ3v) is 6.20. The van der Waals surface area contributed by atoms with Crippen LogP contribution in [-0.2, 0) is 11.2 Å². The van der Waals surface area contributed by atoms with E-state index in [1.54, 1.807) is 35.7 Å². The fourth-order valence-electron chi connectivity index (χ4n) is 4.38. The molecule has 0 spiro atoms. The zero-order valence-corrected chi connectivity index (χ0v) is 19.4. The molecule has 1 atom stereocenters. The Kier molecular flexibility index (Phi) is 6.75. The van der Waals surface area contributed by atoms with Crippen molar-refractivity contribution in [2.24, 2.45) is 0 Å². The normalized spacial score (nSPS) is 16.2. The number of nitrogens with zero attached hydrogens (tertiary/aromatic N) is 5. The van der Waals surface area contributed by atoms with Crippen LogP contribution in [-0.4, -0.2) is 63.5 Å². The number of para-hydroxylation sites is 1. The standard InChI is InChI=1S/C25H24F3N5O3/c1-15-21(8-16-4-2-3-5-22(16)36-24(27)28)33-12-19(20(26)9-23(33)31-15)17-10-29-25(30-11-17)32-6-7-35-14-18(32)13-34/h2-5,9-12,18,24,34H,6-8,13-14H2,1H3/t18-/m0/s1. The van der Waals surface area contributed by atoms with Crippen LogP contribution in [0.3, 0.4) is 0 Å². The van der Waals surface area contributed by atoms with E-state index < -0.39 is 12.4 Å². The van der Waals surface area contributed by atoms with Gasteiger partial charge >= 0.3 is 6.61 Å². The Morgan fingerprint density at radius 3 is 2.75 bits per heavy atom. The van der Waals surface area contributed by atoms with Crippen molar-refractivity contribution >= 4 is 11.6 Å². The molecule has 5 rings (SSSR count). The highest BCUT2D eigenvalue weighted by atomic mass is 19.3. The molecule has 0 aliphatic carbocycles. The fraction of sp³-hybridized carbons (Fsp3) is 0.320. The van der Waals surface area contributed by atoms with Gasteiger partial charge in [-0.2, -0.15) is 8.78 Å². The Bertz CT molecular complexity index is 1360. The molecule has 0 saturated carbocycles. The molecular formula is C25H24F3N5O3. The molecule has 4 heterocycles. The number of pyridine rings is 1. The van der Waals surface area contributed by atoms with Crippen LogP contribution in [0.25, 0.3) is 16.8 Å². The first kappa shape index (κ1) is 24.0. The van der Waals surface area contributed by atoms with Crippen LogP contribution >= 0.6 is 0 Å². The van der Waals surface area contributed by atoms with E-state index in [1.807, 2.05) is 4.90 Å². The Morgan fingerprint density at radius 2 is 2.00 bits per heavy atom. The van der Waals surface area contributed by atoms with Crippen molar-refractivity contribution in [1.82, 2.24) is 19.4 Å². The minimum Gasteiger partial charge on any atom is -0.435 e. The number of aliphatic hydroxyl groups excluding tert-OH is 1. The van der Waals surface area contributed by atoms with Gasteiger partial charge in [-0.05, 0) is 13.0 Å². The highest BCUT2D eigenvalue weighted by Crippen LogP contribution is 2.29. The first-order valence-electron chi connectivity index (χ1n) is 11.4. The summed E-state index contributed by atoms with van der Waals surface area (Å²) in [6.45, 7) is 0.170. The third-order valence-electron chi connectivity index (χ3n) is 6.20. The number of rotatable bonds is 7. The van der Waals surface area contributed by atoms with Gasteiger partial charge in [0.2, 0.25) is 5.95 Å². The van der Waals surface area contributed by atoms with Crippen molar-refractivity contribution in [3.63, 3.8) is 0 Å². The number of hydrogen-bond acceptors (Lipinski definition) is 7. The summed E-state index contributed by atoms with van der Waals surface area (Å²) in [5.74, 6) is 0.0197. The second-order valence-corrected chi connectivity index (χ2v) is 8.45. The Balaban J connectivity index is 1.49. The lowest BCUT2D eigenvalue weighted by molar-refractivity contribution is -0.0504. The number of hydrogen-bond donors (Lipinski definition) is 1. The van der Waals surface area contributed by atoms with E-state index in [2.05, 4.69) is 19.7 Å². The van der Waals surface area contributed by atoms with Crippen LogP contribution in [0.2, 0.25) is 0 Å². The zero-order valence-electron chi connectivity index (χ0n) is 19.4. The summed E-state index contributed by atoms with van der Waals surface area (Å²) in [7, 11) is 0. The number of benzene rings is 1. The molecule has 1 aliphatic heterocycles. The zero-order chi connectivity index (χ0) is 25.2. The molecule has 1 saturated heterocycles. The number of imidazole rings is 1. The van der Waals surface area contributed by atoms with Crippen LogP contribution in [0.1, 0.15) is 17.0 Å². The maximum Gasteiger partial charge on any atom is 0.387 e. The van der Waals surface area contributed by atoms with Gasteiger partial charge in [0.15, 0.2) is 0 Å². The number of morpholine rings is 1. The van der Waals surface area contributed by atoms with Gasteiger partial charge in [-0.25, -0.2) is 19.3 Å². The largest absolute Gasteiger partial charge is 0.435 e. The molecule has 1 aliphatic rings. The quantitative estimate of drug-likeness (QED) is 0.416. The van der Waals surface area contributed by atoms with Crippen molar-refractivity contribution in [3.05, 3.63) is 71.7 Å². The van der Waals surface area contributed by atoms with Gasteiger partial charge in [-0.1, -0.05) is 18.2 Å². The molecule has 3 aromatic heterocycles. The summed E-state index contributed by atoms with van der Waals surface area (Å²) in [5, 5.41) is 9.61. The number of alkyl halides is 2. The van der Waals surface area contributed by atoms with Gasteiger partial charge in [0.05, 0.1) is 31.6 Å². The minimum absolute atomic E-state index is 0.0810. The smallest absolute Gasteiger partial charge is 0.387 e. The number of anilines is 1. The molecule has 1 aromatic carbocycles. The van der Waals surface area contributed by atoms with E-state index in [0.717, 1.165) is 0 Å².